The van der Waals surface area contributed by atoms with Crippen LogP contribution in [0.3, 0.4) is 0 Å². The smallest absolute Gasteiger partial charge is 0.148 e. The summed E-state index contributed by atoms with van der Waals surface area (Å²) in [6, 6.07) is 4.58. The molecule has 0 amide bonds. The minimum atomic E-state index is 0.449. The van der Waals surface area contributed by atoms with Gasteiger partial charge in [0.15, 0.2) is 0 Å². The highest BCUT2D eigenvalue weighted by molar-refractivity contribution is 9.11. The van der Waals surface area contributed by atoms with Gasteiger partial charge in [-0.15, -0.1) is 0 Å². The molecule has 1 aromatic carbocycles. The summed E-state index contributed by atoms with van der Waals surface area (Å²) in [7, 11) is 0. The average molecular weight is 398 g/mol. The van der Waals surface area contributed by atoms with Crippen LogP contribution in [0.5, 0.6) is 5.75 Å². The molecule has 1 rings (SSSR count). The summed E-state index contributed by atoms with van der Waals surface area (Å²) >= 11 is 12.5. The van der Waals surface area contributed by atoms with Crippen molar-refractivity contribution in [3.8, 4) is 5.75 Å². The highest BCUT2D eigenvalue weighted by Gasteiger charge is 2.08. The van der Waals surface area contributed by atoms with Crippen LogP contribution in [-0.4, -0.2) is 12.6 Å². The fraction of sp³-hybridized carbons (Fsp3) is 0.385. The largest absolute Gasteiger partial charge is 0.487 e. The zero-order valence-electron chi connectivity index (χ0n) is 10.3. The Bertz CT molecular complexity index is 398. The van der Waals surface area contributed by atoms with Gasteiger partial charge in [-0.25, -0.2) is 0 Å². The Morgan fingerprint density at radius 3 is 2.44 bits per heavy atom. The summed E-state index contributed by atoms with van der Waals surface area (Å²) in [6.07, 6.45) is 1.74. The molecule has 0 atom stereocenters. The van der Waals surface area contributed by atoms with Crippen LogP contribution < -0.4 is 10.1 Å². The Kier molecular flexibility index (Phi) is 7.30. The first-order valence-corrected chi connectivity index (χ1v) is 7.66. The first kappa shape index (κ1) is 16.0. The van der Waals surface area contributed by atoms with Crippen molar-refractivity contribution in [1.82, 2.24) is 5.32 Å². The Hall–Kier alpha value is -0.0300. The quantitative estimate of drug-likeness (QED) is 0.742. The van der Waals surface area contributed by atoms with E-state index in [1.165, 1.54) is 11.1 Å². The number of halogens is 3. The predicted octanol–water partition coefficient (Wildman–Crippen LogP) is 4.84. The molecule has 1 aromatic rings. The van der Waals surface area contributed by atoms with Gasteiger partial charge in [0, 0.05) is 18.1 Å². The van der Waals surface area contributed by atoms with E-state index in [4.69, 9.17) is 16.3 Å². The van der Waals surface area contributed by atoms with Crippen molar-refractivity contribution in [2.24, 2.45) is 0 Å². The average Bonchev–Trinajstić information content (AvgIpc) is 2.30. The van der Waals surface area contributed by atoms with Gasteiger partial charge < -0.3 is 10.1 Å². The third kappa shape index (κ3) is 5.31. The van der Waals surface area contributed by atoms with E-state index in [0.29, 0.717) is 12.6 Å². The standard InChI is InChI=1S/C13H16Br2ClNO/c1-9(2)17-8-10-6-11(14)13(12(15)7-10)18-5-3-4-16/h3-4,6-7,9,17H,5,8H2,1-2H3/b4-3+. The molecule has 0 heterocycles. The highest BCUT2D eigenvalue weighted by atomic mass is 79.9. The molecule has 18 heavy (non-hydrogen) atoms. The molecule has 0 fully saturated rings. The minimum Gasteiger partial charge on any atom is -0.487 e. The molecule has 2 nitrogen and oxygen atoms in total. The van der Waals surface area contributed by atoms with Crippen molar-refractivity contribution in [3.05, 3.63) is 38.3 Å². The maximum Gasteiger partial charge on any atom is 0.148 e. The lowest BCUT2D eigenvalue weighted by atomic mass is 10.2. The molecule has 0 aliphatic rings. The van der Waals surface area contributed by atoms with E-state index in [0.717, 1.165) is 21.2 Å². The molecular weight excluding hydrogens is 381 g/mol. The Balaban J connectivity index is 2.77. The van der Waals surface area contributed by atoms with Crippen LogP contribution in [0.2, 0.25) is 0 Å². The van der Waals surface area contributed by atoms with Crippen molar-refractivity contribution in [1.29, 1.82) is 0 Å². The van der Waals surface area contributed by atoms with E-state index in [1.54, 1.807) is 6.08 Å². The van der Waals surface area contributed by atoms with Crippen LogP contribution in [0.25, 0.3) is 0 Å². The molecule has 0 saturated carbocycles. The summed E-state index contributed by atoms with van der Waals surface area (Å²) < 4.78 is 7.47. The first-order valence-electron chi connectivity index (χ1n) is 5.64. The normalized spacial score (nSPS) is 11.4. The van der Waals surface area contributed by atoms with Crippen LogP contribution in [0, 0.1) is 0 Å². The molecule has 0 aliphatic heterocycles. The molecule has 0 unspecified atom stereocenters. The molecule has 0 saturated heterocycles. The zero-order chi connectivity index (χ0) is 13.5. The summed E-state index contributed by atoms with van der Waals surface area (Å²) in [6.45, 7) is 5.53. The van der Waals surface area contributed by atoms with Crippen molar-refractivity contribution in [2.75, 3.05) is 6.61 Å². The third-order valence-corrected chi connectivity index (χ3v) is 3.54. The van der Waals surface area contributed by atoms with Gasteiger partial charge in [0.25, 0.3) is 0 Å². The first-order chi connectivity index (χ1) is 8.54. The fourth-order valence-electron chi connectivity index (χ4n) is 1.34. The number of benzene rings is 1. The fourth-order valence-corrected chi connectivity index (χ4v) is 2.93. The monoisotopic (exact) mass is 395 g/mol. The molecule has 0 radical (unpaired) electrons. The second kappa shape index (κ2) is 8.20. The summed E-state index contributed by atoms with van der Waals surface area (Å²) in [5, 5.41) is 3.38. The van der Waals surface area contributed by atoms with Gasteiger partial charge in [-0.1, -0.05) is 25.4 Å². The maximum atomic E-state index is 5.60. The Morgan fingerprint density at radius 1 is 1.33 bits per heavy atom. The maximum absolute atomic E-state index is 5.60. The van der Waals surface area contributed by atoms with Gasteiger partial charge in [-0.2, -0.15) is 0 Å². The van der Waals surface area contributed by atoms with E-state index >= 15 is 0 Å². The van der Waals surface area contributed by atoms with Crippen molar-refractivity contribution < 1.29 is 4.74 Å². The van der Waals surface area contributed by atoms with Gasteiger partial charge >= 0.3 is 0 Å². The number of rotatable bonds is 6. The minimum absolute atomic E-state index is 0.449. The van der Waals surface area contributed by atoms with Crippen LogP contribution in [0.4, 0.5) is 0 Å². The molecular formula is C13H16Br2ClNO. The predicted molar refractivity (Wildman–Crippen MR) is 84.3 cm³/mol. The molecule has 0 aliphatic carbocycles. The Morgan fingerprint density at radius 2 is 1.94 bits per heavy atom. The Labute approximate surface area is 130 Å². The van der Waals surface area contributed by atoms with Crippen LogP contribution >= 0.6 is 43.5 Å². The van der Waals surface area contributed by atoms with Gasteiger partial charge in [0.2, 0.25) is 0 Å². The van der Waals surface area contributed by atoms with Crippen molar-refractivity contribution in [3.63, 3.8) is 0 Å². The molecule has 0 aromatic heterocycles. The molecule has 1 N–H and O–H groups in total. The number of nitrogens with one attached hydrogen (secondary N) is 1. The van der Waals surface area contributed by atoms with Gasteiger partial charge in [0.1, 0.15) is 12.4 Å². The molecule has 0 bridgehead atoms. The van der Waals surface area contributed by atoms with Crippen molar-refractivity contribution >= 4 is 43.5 Å². The number of hydrogen-bond acceptors (Lipinski definition) is 2. The molecule has 5 heteroatoms. The second-order valence-electron chi connectivity index (χ2n) is 4.10. The topological polar surface area (TPSA) is 21.3 Å². The molecule has 100 valence electrons. The van der Waals surface area contributed by atoms with Crippen LogP contribution in [0.1, 0.15) is 19.4 Å². The third-order valence-electron chi connectivity index (χ3n) is 2.19. The summed E-state index contributed by atoms with van der Waals surface area (Å²) in [4.78, 5) is 0. The van der Waals surface area contributed by atoms with Gasteiger partial charge in [-0.3, -0.25) is 0 Å². The van der Waals surface area contributed by atoms with E-state index in [9.17, 15) is 0 Å². The van der Waals surface area contributed by atoms with Crippen LogP contribution in [-0.2, 0) is 6.54 Å². The lowest BCUT2D eigenvalue weighted by molar-refractivity contribution is 0.358. The number of hydrogen-bond donors (Lipinski definition) is 1. The van der Waals surface area contributed by atoms with Gasteiger partial charge in [0.05, 0.1) is 8.95 Å². The lowest BCUT2D eigenvalue weighted by Gasteiger charge is -2.13. The van der Waals surface area contributed by atoms with Crippen LogP contribution in [0.15, 0.2) is 32.7 Å². The van der Waals surface area contributed by atoms with E-state index in [-0.39, 0.29) is 0 Å². The van der Waals surface area contributed by atoms with E-state index in [1.807, 2.05) is 0 Å². The summed E-state index contributed by atoms with van der Waals surface area (Å²) in [5.74, 6) is 0.790. The SMILES string of the molecule is CC(C)NCc1cc(Br)c(OC/C=C/Cl)c(Br)c1. The van der Waals surface area contributed by atoms with Crippen molar-refractivity contribution in [2.45, 2.75) is 26.4 Å². The highest BCUT2D eigenvalue weighted by Crippen LogP contribution is 2.34. The zero-order valence-corrected chi connectivity index (χ0v) is 14.3. The number of ether oxygens (including phenoxy) is 1. The molecule has 0 spiro atoms. The second-order valence-corrected chi connectivity index (χ2v) is 6.06. The van der Waals surface area contributed by atoms with Gasteiger partial charge in [-0.05, 0) is 55.6 Å². The lowest BCUT2D eigenvalue weighted by Crippen LogP contribution is -2.21. The van der Waals surface area contributed by atoms with E-state index < -0.39 is 0 Å². The van der Waals surface area contributed by atoms with E-state index in [2.05, 4.69) is 63.2 Å². The summed E-state index contributed by atoms with van der Waals surface area (Å²) in [5.41, 5.74) is 2.64.